The number of rotatable bonds is 7. The standard InChI is InChI=1S/C12H27N3O2S/c1-4-18(16,17)9-5-6-13-10-12-11-14(2)7-8-15(12)3/h12-13H,4-11H2,1-3H3. The van der Waals surface area contributed by atoms with Crippen LogP contribution in [0.15, 0.2) is 0 Å². The van der Waals surface area contributed by atoms with Crippen LogP contribution in [0, 0.1) is 0 Å². The molecule has 0 bridgehead atoms. The minimum atomic E-state index is -2.80. The molecule has 1 aliphatic rings. The molecule has 1 atom stereocenters. The summed E-state index contributed by atoms with van der Waals surface area (Å²) < 4.78 is 22.6. The van der Waals surface area contributed by atoms with Gasteiger partial charge in [-0.3, -0.25) is 4.90 Å². The molecule has 1 saturated heterocycles. The van der Waals surface area contributed by atoms with Crippen LogP contribution in [0.25, 0.3) is 0 Å². The van der Waals surface area contributed by atoms with Crippen molar-refractivity contribution in [2.24, 2.45) is 0 Å². The summed E-state index contributed by atoms with van der Waals surface area (Å²) >= 11 is 0. The molecule has 1 N–H and O–H groups in total. The van der Waals surface area contributed by atoms with E-state index in [1.807, 2.05) is 0 Å². The van der Waals surface area contributed by atoms with E-state index >= 15 is 0 Å². The van der Waals surface area contributed by atoms with E-state index in [4.69, 9.17) is 0 Å². The van der Waals surface area contributed by atoms with Gasteiger partial charge in [-0.25, -0.2) is 8.42 Å². The third kappa shape index (κ3) is 5.65. The molecule has 0 spiro atoms. The number of piperazine rings is 1. The van der Waals surface area contributed by atoms with Gasteiger partial charge in [0, 0.05) is 38.0 Å². The summed E-state index contributed by atoms with van der Waals surface area (Å²) in [6, 6.07) is 0.534. The van der Waals surface area contributed by atoms with Gasteiger partial charge >= 0.3 is 0 Å². The first-order chi connectivity index (χ1) is 8.44. The third-order valence-corrected chi connectivity index (χ3v) is 5.40. The highest BCUT2D eigenvalue weighted by Crippen LogP contribution is 2.04. The molecule has 1 fully saturated rings. The summed E-state index contributed by atoms with van der Waals surface area (Å²) in [6.07, 6.45) is 0.711. The highest BCUT2D eigenvalue weighted by molar-refractivity contribution is 7.91. The van der Waals surface area contributed by atoms with Gasteiger partial charge in [-0.2, -0.15) is 0 Å². The highest BCUT2D eigenvalue weighted by atomic mass is 32.2. The Morgan fingerprint density at radius 1 is 1.28 bits per heavy atom. The van der Waals surface area contributed by atoms with Crippen molar-refractivity contribution in [1.29, 1.82) is 0 Å². The molecule has 0 saturated carbocycles. The minimum Gasteiger partial charge on any atom is -0.315 e. The average molecular weight is 277 g/mol. The number of sulfone groups is 1. The first-order valence-corrected chi connectivity index (χ1v) is 8.56. The predicted octanol–water partition coefficient (Wildman–Crippen LogP) is -0.353. The van der Waals surface area contributed by atoms with Crippen LogP contribution >= 0.6 is 0 Å². The summed E-state index contributed by atoms with van der Waals surface area (Å²) in [4.78, 5) is 4.71. The maximum atomic E-state index is 11.3. The number of nitrogens with one attached hydrogen (secondary N) is 1. The smallest absolute Gasteiger partial charge is 0.150 e. The van der Waals surface area contributed by atoms with Crippen molar-refractivity contribution in [2.75, 3.05) is 58.3 Å². The fourth-order valence-electron chi connectivity index (χ4n) is 2.15. The zero-order valence-electron chi connectivity index (χ0n) is 11.9. The maximum Gasteiger partial charge on any atom is 0.150 e. The lowest BCUT2D eigenvalue weighted by Gasteiger charge is -2.37. The second-order valence-electron chi connectivity index (χ2n) is 5.19. The van der Waals surface area contributed by atoms with Crippen LogP contribution in [0.4, 0.5) is 0 Å². The molecule has 1 heterocycles. The number of hydrogen-bond donors (Lipinski definition) is 1. The van der Waals surface area contributed by atoms with Crippen LogP contribution in [0.3, 0.4) is 0 Å². The Bertz CT molecular complexity index is 332. The van der Waals surface area contributed by atoms with Gasteiger partial charge in [0.1, 0.15) is 9.84 Å². The first-order valence-electron chi connectivity index (χ1n) is 6.74. The third-order valence-electron chi connectivity index (χ3n) is 3.61. The summed E-state index contributed by atoms with van der Waals surface area (Å²) in [5, 5.41) is 3.37. The van der Waals surface area contributed by atoms with Crippen molar-refractivity contribution in [2.45, 2.75) is 19.4 Å². The van der Waals surface area contributed by atoms with E-state index in [1.165, 1.54) is 0 Å². The highest BCUT2D eigenvalue weighted by Gasteiger charge is 2.21. The largest absolute Gasteiger partial charge is 0.315 e. The lowest BCUT2D eigenvalue weighted by molar-refractivity contribution is 0.113. The molecule has 0 aromatic carbocycles. The molecule has 1 rings (SSSR count). The summed E-state index contributed by atoms with van der Waals surface area (Å²) in [5.74, 6) is 0.556. The van der Waals surface area contributed by atoms with E-state index in [0.717, 1.165) is 32.7 Å². The molecule has 108 valence electrons. The SMILES string of the molecule is CCS(=O)(=O)CCCNCC1CN(C)CCN1C. The van der Waals surface area contributed by atoms with Crippen molar-refractivity contribution in [3.05, 3.63) is 0 Å². The molecular weight excluding hydrogens is 250 g/mol. The maximum absolute atomic E-state index is 11.3. The summed E-state index contributed by atoms with van der Waals surface area (Å²) in [6.45, 7) is 6.74. The number of likely N-dealkylation sites (N-methyl/N-ethyl adjacent to an activating group) is 2. The zero-order chi connectivity index (χ0) is 13.6. The molecule has 1 unspecified atom stereocenters. The van der Waals surface area contributed by atoms with Gasteiger partial charge in [0.25, 0.3) is 0 Å². The molecule has 5 nitrogen and oxygen atoms in total. The van der Waals surface area contributed by atoms with Crippen LogP contribution in [-0.2, 0) is 9.84 Å². The van der Waals surface area contributed by atoms with Crippen molar-refractivity contribution in [1.82, 2.24) is 15.1 Å². The molecule has 0 radical (unpaired) electrons. The van der Waals surface area contributed by atoms with Crippen molar-refractivity contribution < 1.29 is 8.42 Å². The molecule has 0 aromatic rings. The van der Waals surface area contributed by atoms with Gasteiger partial charge in [-0.1, -0.05) is 6.92 Å². The Hall–Kier alpha value is -0.170. The lowest BCUT2D eigenvalue weighted by Crippen LogP contribution is -2.53. The van der Waals surface area contributed by atoms with Gasteiger partial charge in [0.15, 0.2) is 0 Å². The number of nitrogens with zero attached hydrogens (tertiary/aromatic N) is 2. The van der Waals surface area contributed by atoms with Gasteiger partial charge in [-0.15, -0.1) is 0 Å². The van der Waals surface area contributed by atoms with Gasteiger partial charge in [0.2, 0.25) is 0 Å². The first kappa shape index (κ1) is 15.9. The number of hydrogen-bond acceptors (Lipinski definition) is 5. The van der Waals surface area contributed by atoms with Crippen molar-refractivity contribution >= 4 is 9.84 Å². The van der Waals surface area contributed by atoms with Gasteiger partial charge < -0.3 is 10.2 Å². The topological polar surface area (TPSA) is 52.7 Å². The van der Waals surface area contributed by atoms with E-state index in [9.17, 15) is 8.42 Å². The van der Waals surface area contributed by atoms with E-state index < -0.39 is 9.84 Å². The Kier molecular flexibility index (Phi) is 6.55. The quantitative estimate of drug-likeness (QED) is 0.645. The molecule has 18 heavy (non-hydrogen) atoms. The second-order valence-corrected chi connectivity index (χ2v) is 7.66. The molecule has 0 aliphatic carbocycles. The monoisotopic (exact) mass is 277 g/mol. The van der Waals surface area contributed by atoms with Crippen LogP contribution in [0.2, 0.25) is 0 Å². The Balaban J connectivity index is 2.14. The van der Waals surface area contributed by atoms with Crippen LogP contribution in [0.5, 0.6) is 0 Å². The molecule has 1 aliphatic heterocycles. The Morgan fingerprint density at radius 3 is 2.67 bits per heavy atom. The van der Waals surface area contributed by atoms with E-state index in [-0.39, 0.29) is 5.75 Å². The fraction of sp³-hybridized carbons (Fsp3) is 1.00. The van der Waals surface area contributed by atoms with Gasteiger partial charge in [-0.05, 0) is 27.1 Å². The van der Waals surface area contributed by atoms with Crippen LogP contribution < -0.4 is 5.32 Å². The van der Waals surface area contributed by atoms with Crippen molar-refractivity contribution in [3.63, 3.8) is 0 Å². The normalized spacial score (nSPS) is 23.4. The lowest BCUT2D eigenvalue weighted by atomic mass is 10.2. The Labute approximate surface area is 111 Å². The van der Waals surface area contributed by atoms with Crippen molar-refractivity contribution in [3.8, 4) is 0 Å². The molecule has 6 heteroatoms. The fourth-order valence-corrected chi connectivity index (χ4v) is 3.02. The van der Waals surface area contributed by atoms with E-state index in [1.54, 1.807) is 6.92 Å². The van der Waals surface area contributed by atoms with E-state index in [0.29, 0.717) is 18.2 Å². The molecular formula is C12H27N3O2S. The van der Waals surface area contributed by atoms with E-state index in [2.05, 4.69) is 29.2 Å². The molecule has 0 amide bonds. The second kappa shape index (κ2) is 7.43. The van der Waals surface area contributed by atoms with Gasteiger partial charge in [0.05, 0.1) is 5.75 Å². The summed E-state index contributed by atoms with van der Waals surface area (Å²) in [7, 11) is 1.50. The van der Waals surface area contributed by atoms with Crippen LogP contribution in [-0.4, -0.2) is 82.6 Å². The minimum absolute atomic E-state index is 0.253. The zero-order valence-corrected chi connectivity index (χ0v) is 12.7. The van der Waals surface area contributed by atoms with Crippen LogP contribution in [0.1, 0.15) is 13.3 Å². The Morgan fingerprint density at radius 2 is 2.00 bits per heavy atom. The predicted molar refractivity (Wildman–Crippen MR) is 75.7 cm³/mol. The average Bonchev–Trinajstić information content (AvgIpc) is 2.33. The molecule has 0 aromatic heterocycles. The summed E-state index contributed by atoms with van der Waals surface area (Å²) in [5.41, 5.74) is 0.